The van der Waals surface area contributed by atoms with Gasteiger partial charge in [-0.05, 0) is 38.6 Å². The molecule has 0 unspecified atom stereocenters. The molecule has 0 saturated heterocycles. The molecule has 0 aliphatic heterocycles. The Morgan fingerprint density at radius 1 is 1.12 bits per heavy atom. The van der Waals surface area contributed by atoms with Gasteiger partial charge in [0, 0.05) is 30.4 Å². The van der Waals surface area contributed by atoms with Crippen molar-refractivity contribution in [3.8, 4) is 0 Å². The third-order valence-electron chi connectivity index (χ3n) is 4.01. The third kappa shape index (κ3) is 3.89. The number of nitrogens with zero attached hydrogens (tertiary/aromatic N) is 4. The predicted octanol–water partition coefficient (Wildman–Crippen LogP) is 3.31. The van der Waals surface area contributed by atoms with Gasteiger partial charge in [-0.25, -0.2) is 4.39 Å². The van der Waals surface area contributed by atoms with Crippen molar-refractivity contribution in [3.63, 3.8) is 0 Å². The van der Waals surface area contributed by atoms with Gasteiger partial charge in [0.1, 0.15) is 11.6 Å². The summed E-state index contributed by atoms with van der Waals surface area (Å²) in [5.74, 6) is 0.646. The Morgan fingerprint density at radius 2 is 1.88 bits per heavy atom. The van der Waals surface area contributed by atoms with Gasteiger partial charge >= 0.3 is 0 Å². The molecule has 3 aromatic rings. The number of rotatable bonds is 6. The molecule has 5 nitrogen and oxygen atoms in total. The molecule has 0 atom stereocenters. The lowest BCUT2D eigenvalue weighted by molar-refractivity contribution is 0.315. The molecule has 126 valence electrons. The topological polar surface area (TPSA) is 47.1 Å². The SMILES string of the molecule is Cc1noc(C)c1CN(C)Cc1cnn(Cc2ccc(F)cc2)c1. The quantitative estimate of drug-likeness (QED) is 0.696. The van der Waals surface area contributed by atoms with E-state index < -0.39 is 0 Å². The van der Waals surface area contributed by atoms with Gasteiger partial charge in [-0.3, -0.25) is 9.58 Å². The Morgan fingerprint density at radius 3 is 2.54 bits per heavy atom. The van der Waals surface area contributed by atoms with E-state index >= 15 is 0 Å². The number of hydrogen-bond donors (Lipinski definition) is 0. The fourth-order valence-corrected chi connectivity index (χ4v) is 2.72. The molecule has 1 aromatic carbocycles. The van der Waals surface area contributed by atoms with Crippen LogP contribution in [0.4, 0.5) is 4.39 Å². The summed E-state index contributed by atoms with van der Waals surface area (Å²) in [5.41, 5.74) is 4.23. The predicted molar refractivity (Wildman–Crippen MR) is 88.9 cm³/mol. The van der Waals surface area contributed by atoms with Gasteiger partial charge in [-0.15, -0.1) is 0 Å². The number of halogens is 1. The van der Waals surface area contributed by atoms with Crippen LogP contribution in [-0.2, 0) is 19.6 Å². The molecular formula is C18H21FN4O. The average molecular weight is 328 g/mol. The van der Waals surface area contributed by atoms with E-state index in [1.54, 1.807) is 12.1 Å². The molecule has 0 radical (unpaired) electrons. The van der Waals surface area contributed by atoms with E-state index in [1.807, 2.05) is 30.9 Å². The van der Waals surface area contributed by atoms with Crippen molar-refractivity contribution >= 4 is 0 Å². The number of hydrogen-bond acceptors (Lipinski definition) is 4. The zero-order chi connectivity index (χ0) is 17.1. The van der Waals surface area contributed by atoms with Crippen LogP contribution >= 0.6 is 0 Å². The van der Waals surface area contributed by atoms with Gasteiger partial charge in [0.15, 0.2) is 0 Å². The van der Waals surface area contributed by atoms with Crippen LogP contribution < -0.4 is 0 Å². The highest BCUT2D eigenvalue weighted by Gasteiger charge is 2.12. The zero-order valence-electron chi connectivity index (χ0n) is 14.2. The normalized spacial score (nSPS) is 11.4. The highest BCUT2D eigenvalue weighted by Crippen LogP contribution is 2.15. The van der Waals surface area contributed by atoms with Gasteiger partial charge in [0.2, 0.25) is 0 Å². The molecule has 0 N–H and O–H groups in total. The highest BCUT2D eigenvalue weighted by atomic mass is 19.1. The van der Waals surface area contributed by atoms with Crippen LogP contribution in [0.1, 0.15) is 28.1 Å². The van der Waals surface area contributed by atoms with Crippen LogP contribution in [0.25, 0.3) is 0 Å². The summed E-state index contributed by atoms with van der Waals surface area (Å²) >= 11 is 0. The van der Waals surface area contributed by atoms with E-state index in [4.69, 9.17) is 4.52 Å². The van der Waals surface area contributed by atoms with Crippen LogP contribution in [0.5, 0.6) is 0 Å². The molecular weight excluding hydrogens is 307 g/mol. The van der Waals surface area contributed by atoms with Crippen LogP contribution in [-0.4, -0.2) is 26.9 Å². The van der Waals surface area contributed by atoms with Crippen molar-refractivity contribution in [1.29, 1.82) is 0 Å². The van der Waals surface area contributed by atoms with E-state index in [2.05, 4.69) is 22.2 Å². The monoisotopic (exact) mass is 328 g/mol. The second-order valence-electron chi connectivity index (χ2n) is 6.15. The van der Waals surface area contributed by atoms with Crippen LogP contribution in [0.15, 0.2) is 41.2 Å². The summed E-state index contributed by atoms with van der Waals surface area (Å²) < 4.78 is 20.0. The van der Waals surface area contributed by atoms with Gasteiger partial charge in [0.05, 0.1) is 18.4 Å². The summed E-state index contributed by atoms with van der Waals surface area (Å²) in [4.78, 5) is 2.20. The van der Waals surface area contributed by atoms with Crippen LogP contribution in [0.3, 0.4) is 0 Å². The lowest BCUT2D eigenvalue weighted by Crippen LogP contribution is -2.17. The Kier molecular flexibility index (Phi) is 4.76. The highest BCUT2D eigenvalue weighted by molar-refractivity contribution is 5.21. The Balaban J connectivity index is 1.60. The zero-order valence-corrected chi connectivity index (χ0v) is 14.2. The molecule has 3 rings (SSSR count). The molecule has 0 saturated carbocycles. The third-order valence-corrected chi connectivity index (χ3v) is 4.01. The van der Waals surface area contributed by atoms with E-state index in [1.165, 1.54) is 12.1 Å². The van der Waals surface area contributed by atoms with Crippen molar-refractivity contribution in [1.82, 2.24) is 19.8 Å². The molecule has 2 heterocycles. The minimum absolute atomic E-state index is 0.221. The fourth-order valence-electron chi connectivity index (χ4n) is 2.72. The first-order valence-electron chi connectivity index (χ1n) is 7.87. The lowest BCUT2D eigenvalue weighted by atomic mass is 10.2. The minimum Gasteiger partial charge on any atom is -0.361 e. The second-order valence-corrected chi connectivity index (χ2v) is 6.15. The maximum atomic E-state index is 12.9. The first kappa shape index (κ1) is 16.4. The first-order chi connectivity index (χ1) is 11.5. The van der Waals surface area contributed by atoms with E-state index in [9.17, 15) is 4.39 Å². The first-order valence-corrected chi connectivity index (χ1v) is 7.87. The molecule has 0 aliphatic carbocycles. The standard InChI is InChI=1S/C18H21FN4O/c1-13-18(14(2)24-21-13)12-22(3)9-16-8-20-23(11-16)10-15-4-6-17(19)7-5-15/h4-8,11H,9-10,12H2,1-3H3. The van der Waals surface area contributed by atoms with Gasteiger partial charge in [-0.2, -0.15) is 5.10 Å². The summed E-state index contributed by atoms with van der Waals surface area (Å²) in [6.45, 7) is 6.09. The van der Waals surface area contributed by atoms with Gasteiger partial charge < -0.3 is 4.52 Å². The lowest BCUT2D eigenvalue weighted by Gasteiger charge is -2.15. The van der Waals surface area contributed by atoms with Crippen molar-refractivity contribution < 1.29 is 8.91 Å². The average Bonchev–Trinajstić information content (AvgIpc) is 3.11. The Labute approximate surface area is 140 Å². The summed E-state index contributed by atoms with van der Waals surface area (Å²) in [7, 11) is 2.06. The molecule has 24 heavy (non-hydrogen) atoms. The molecule has 0 aliphatic rings. The van der Waals surface area contributed by atoms with E-state index in [0.29, 0.717) is 6.54 Å². The Bertz CT molecular complexity index is 787. The molecule has 6 heteroatoms. The molecule has 2 aromatic heterocycles. The number of benzene rings is 1. The van der Waals surface area contributed by atoms with E-state index in [-0.39, 0.29) is 5.82 Å². The van der Waals surface area contributed by atoms with Crippen LogP contribution in [0, 0.1) is 19.7 Å². The molecule has 0 spiro atoms. The molecule has 0 amide bonds. The summed E-state index contributed by atoms with van der Waals surface area (Å²) in [6, 6.07) is 6.49. The van der Waals surface area contributed by atoms with Gasteiger partial charge in [0.25, 0.3) is 0 Å². The van der Waals surface area contributed by atoms with Crippen molar-refractivity contribution in [2.45, 2.75) is 33.5 Å². The summed E-state index contributed by atoms with van der Waals surface area (Å²) in [6.07, 6.45) is 3.89. The summed E-state index contributed by atoms with van der Waals surface area (Å²) in [5, 5.41) is 8.37. The van der Waals surface area contributed by atoms with E-state index in [0.717, 1.165) is 41.2 Å². The van der Waals surface area contributed by atoms with Crippen molar-refractivity contribution in [2.24, 2.45) is 0 Å². The van der Waals surface area contributed by atoms with Crippen molar-refractivity contribution in [2.75, 3.05) is 7.05 Å². The minimum atomic E-state index is -0.221. The number of aromatic nitrogens is 3. The van der Waals surface area contributed by atoms with Crippen molar-refractivity contribution in [3.05, 3.63) is 70.6 Å². The molecule has 0 bridgehead atoms. The smallest absolute Gasteiger partial charge is 0.138 e. The van der Waals surface area contributed by atoms with Crippen LogP contribution in [0.2, 0.25) is 0 Å². The second kappa shape index (κ2) is 6.97. The maximum Gasteiger partial charge on any atom is 0.138 e. The fraction of sp³-hybridized carbons (Fsp3) is 0.333. The Hall–Kier alpha value is -2.47. The number of aryl methyl sites for hydroxylation is 2. The largest absolute Gasteiger partial charge is 0.361 e. The molecule has 0 fully saturated rings. The van der Waals surface area contributed by atoms with Gasteiger partial charge in [-0.1, -0.05) is 17.3 Å². The maximum absolute atomic E-state index is 12.9.